The maximum atomic E-state index is 10.8. The molecule has 1 aliphatic carbocycles. The number of nitrogens with one attached hydrogen (secondary N) is 1. The lowest BCUT2D eigenvalue weighted by Crippen LogP contribution is -2.32. The second kappa shape index (κ2) is 5.80. The first-order valence-electron chi connectivity index (χ1n) is 6.53. The van der Waals surface area contributed by atoms with Crippen LogP contribution in [0.25, 0.3) is 0 Å². The maximum Gasteiger partial charge on any atom is 0.354 e. The van der Waals surface area contributed by atoms with Crippen LogP contribution in [0.5, 0.6) is 0 Å². The van der Waals surface area contributed by atoms with Crippen LogP contribution in [0.15, 0.2) is 12.3 Å². The van der Waals surface area contributed by atoms with Gasteiger partial charge in [-0.15, -0.1) is 0 Å². The quantitative estimate of drug-likeness (QED) is 0.857. The first-order chi connectivity index (χ1) is 8.70. The molecule has 1 saturated carbocycles. The third-order valence-corrected chi connectivity index (χ3v) is 3.62. The van der Waals surface area contributed by atoms with E-state index >= 15 is 0 Å². The van der Waals surface area contributed by atoms with Crippen LogP contribution in [0, 0.1) is 5.92 Å². The van der Waals surface area contributed by atoms with Crippen molar-refractivity contribution in [2.75, 3.05) is 5.32 Å². The number of hydrogen-bond acceptors (Lipinski definition) is 4. The van der Waals surface area contributed by atoms with Gasteiger partial charge in [-0.25, -0.2) is 14.8 Å². The fourth-order valence-electron chi connectivity index (χ4n) is 2.60. The number of anilines is 1. The number of nitrogens with zero attached hydrogens (tertiary/aromatic N) is 2. The summed E-state index contributed by atoms with van der Waals surface area (Å²) in [5.41, 5.74) is 0.0383. The molecule has 2 atom stereocenters. The fourth-order valence-corrected chi connectivity index (χ4v) is 2.60. The van der Waals surface area contributed by atoms with Gasteiger partial charge in [-0.05, 0) is 24.8 Å². The second-order valence-corrected chi connectivity index (χ2v) is 4.77. The summed E-state index contributed by atoms with van der Waals surface area (Å²) in [5.74, 6) is 0.0484. The van der Waals surface area contributed by atoms with E-state index in [0.29, 0.717) is 17.9 Å². The van der Waals surface area contributed by atoms with Crippen molar-refractivity contribution in [2.24, 2.45) is 5.92 Å². The minimum absolute atomic E-state index is 0.0383. The van der Waals surface area contributed by atoms with Crippen molar-refractivity contribution < 1.29 is 9.90 Å². The van der Waals surface area contributed by atoms with Gasteiger partial charge in [0.05, 0.1) is 0 Å². The largest absolute Gasteiger partial charge is 0.477 e. The summed E-state index contributed by atoms with van der Waals surface area (Å²) in [7, 11) is 0. The summed E-state index contributed by atoms with van der Waals surface area (Å²) < 4.78 is 0. The van der Waals surface area contributed by atoms with E-state index in [9.17, 15) is 4.79 Å². The molecule has 2 unspecified atom stereocenters. The Kier molecular flexibility index (Phi) is 4.12. The zero-order valence-electron chi connectivity index (χ0n) is 10.6. The summed E-state index contributed by atoms with van der Waals surface area (Å²) in [5, 5.41) is 12.2. The van der Waals surface area contributed by atoms with Crippen molar-refractivity contribution in [1.29, 1.82) is 0 Å². The molecule has 18 heavy (non-hydrogen) atoms. The minimum atomic E-state index is -1.02. The third kappa shape index (κ3) is 2.97. The molecule has 0 amide bonds. The van der Waals surface area contributed by atoms with Gasteiger partial charge >= 0.3 is 5.97 Å². The molecule has 0 saturated heterocycles. The Labute approximate surface area is 107 Å². The first-order valence-corrected chi connectivity index (χ1v) is 6.53. The summed E-state index contributed by atoms with van der Waals surface area (Å²) >= 11 is 0. The van der Waals surface area contributed by atoms with Gasteiger partial charge in [0.1, 0.15) is 0 Å². The van der Waals surface area contributed by atoms with Crippen molar-refractivity contribution in [3.05, 3.63) is 18.0 Å². The smallest absolute Gasteiger partial charge is 0.354 e. The van der Waals surface area contributed by atoms with Gasteiger partial charge in [-0.2, -0.15) is 0 Å². The highest BCUT2D eigenvalue weighted by atomic mass is 16.4. The van der Waals surface area contributed by atoms with Crippen molar-refractivity contribution in [1.82, 2.24) is 9.97 Å². The molecular weight excluding hydrogens is 230 g/mol. The highest BCUT2D eigenvalue weighted by Crippen LogP contribution is 2.28. The topological polar surface area (TPSA) is 75.1 Å². The SMILES string of the molecule is CCC1CCCCC1Nc1nccc(C(=O)O)n1. The monoisotopic (exact) mass is 249 g/mol. The van der Waals surface area contributed by atoms with Crippen LogP contribution in [0.1, 0.15) is 49.5 Å². The van der Waals surface area contributed by atoms with E-state index in [0.717, 1.165) is 12.8 Å². The Morgan fingerprint density at radius 3 is 3.00 bits per heavy atom. The van der Waals surface area contributed by atoms with Crippen LogP contribution in [-0.4, -0.2) is 27.1 Å². The van der Waals surface area contributed by atoms with E-state index in [1.165, 1.54) is 31.5 Å². The minimum Gasteiger partial charge on any atom is -0.477 e. The number of rotatable bonds is 4. The molecule has 0 bridgehead atoms. The zero-order valence-corrected chi connectivity index (χ0v) is 10.6. The van der Waals surface area contributed by atoms with E-state index in [1.807, 2.05) is 0 Å². The van der Waals surface area contributed by atoms with E-state index in [-0.39, 0.29) is 5.69 Å². The van der Waals surface area contributed by atoms with Crippen LogP contribution in [0.2, 0.25) is 0 Å². The number of aromatic nitrogens is 2. The Bertz CT molecular complexity index is 422. The Balaban J connectivity index is 2.07. The Hall–Kier alpha value is -1.65. The Morgan fingerprint density at radius 1 is 1.50 bits per heavy atom. The lowest BCUT2D eigenvalue weighted by atomic mass is 9.83. The molecule has 0 spiro atoms. The van der Waals surface area contributed by atoms with Crippen LogP contribution in [-0.2, 0) is 0 Å². The first kappa shape index (κ1) is 12.8. The fraction of sp³-hybridized carbons (Fsp3) is 0.615. The molecule has 5 heteroatoms. The molecule has 1 heterocycles. The molecule has 1 aliphatic rings. The van der Waals surface area contributed by atoms with Gasteiger partial charge in [-0.1, -0.05) is 26.2 Å². The Morgan fingerprint density at radius 2 is 2.28 bits per heavy atom. The van der Waals surface area contributed by atoms with Gasteiger partial charge in [0, 0.05) is 12.2 Å². The lowest BCUT2D eigenvalue weighted by Gasteiger charge is -2.31. The molecule has 0 aliphatic heterocycles. The van der Waals surface area contributed by atoms with Crippen LogP contribution >= 0.6 is 0 Å². The van der Waals surface area contributed by atoms with Gasteiger partial charge in [0.2, 0.25) is 5.95 Å². The van der Waals surface area contributed by atoms with Crippen molar-refractivity contribution in [2.45, 2.75) is 45.1 Å². The van der Waals surface area contributed by atoms with E-state index in [4.69, 9.17) is 5.11 Å². The van der Waals surface area contributed by atoms with Gasteiger partial charge in [0.25, 0.3) is 0 Å². The molecule has 1 aromatic rings. The van der Waals surface area contributed by atoms with Crippen molar-refractivity contribution in [3.8, 4) is 0 Å². The van der Waals surface area contributed by atoms with Gasteiger partial charge in [0.15, 0.2) is 5.69 Å². The van der Waals surface area contributed by atoms with E-state index < -0.39 is 5.97 Å². The average Bonchev–Trinajstić information content (AvgIpc) is 2.39. The number of aromatic carboxylic acids is 1. The van der Waals surface area contributed by atoms with E-state index in [1.54, 1.807) is 0 Å². The predicted octanol–water partition coefficient (Wildman–Crippen LogP) is 2.56. The molecular formula is C13H19N3O2. The number of hydrogen-bond donors (Lipinski definition) is 2. The molecule has 0 aromatic carbocycles. The van der Waals surface area contributed by atoms with Crippen molar-refractivity contribution in [3.63, 3.8) is 0 Å². The maximum absolute atomic E-state index is 10.8. The van der Waals surface area contributed by atoms with Crippen LogP contribution < -0.4 is 5.32 Å². The molecule has 98 valence electrons. The lowest BCUT2D eigenvalue weighted by molar-refractivity contribution is 0.0690. The van der Waals surface area contributed by atoms with Crippen LogP contribution in [0.3, 0.4) is 0 Å². The molecule has 2 rings (SSSR count). The van der Waals surface area contributed by atoms with Gasteiger partial charge < -0.3 is 10.4 Å². The number of carbonyl (C=O) groups is 1. The molecule has 2 N–H and O–H groups in total. The summed E-state index contributed by atoms with van der Waals surface area (Å²) in [6.45, 7) is 2.19. The summed E-state index contributed by atoms with van der Waals surface area (Å²) in [6.07, 6.45) is 7.46. The standard InChI is InChI=1S/C13H19N3O2/c1-2-9-5-3-4-6-10(9)15-13-14-8-7-11(16-13)12(17)18/h7-10H,2-6H2,1H3,(H,17,18)(H,14,15,16). The summed E-state index contributed by atoms with van der Waals surface area (Å²) in [4.78, 5) is 19.0. The zero-order chi connectivity index (χ0) is 13.0. The highest BCUT2D eigenvalue weighted by Gasteiger charge is 2.24. The highest BCUT2D eigenvalue weighted by molar-refractivity contribution is 5.85. The number of carboxylic acids is 1. The normalized spacial score (nSPS) is 23.6. The second-order valence-electron chi connectivity index (χ2n) is 4.77. The molecule has 5 nitrogen and oxygen atoms in total. The molecule has 1 aromatic heterocycles. The van der Waals surface area contributed by atoms with E-state index in [2.05, 4.69) is 22.2 Å². The molecule has 0 radical (unpaired) electrons. The third-order valence-electron chi connectivity index (χ3n) is 3.62. The van der Waals surface area contributed by atoms with Crippen molar-refractivity contribution >= 4 is 11.9 Å². The molecule has 1 fully saturated rings. The predicted molar refractivity (Wildman–Crippen MR) is 68.7 cm³/mol. The summed E-state index contributed by atoms with van der Waals surface area (Å²) in [6, 6.07) is 1.78. The number of carboxylic acid groups (broad SMARTS) is 1. The van der Waals surface area contributed by atoms with Crippen LogP contribution in [0.4, 0.5) is 5.95 Å². The average molecular weight is 249 g/mol. The van der Waals surface area contributed by atoms with Gasteiger partial charge in [-0.3, -0.25) is 0 Å².